The van der Waals surface area contributed by atoms with Gasteiger partial charge in [-0.25, -0.2) is 8.42 Å². The van der Waals surface area contributed by atoms with Crippen LogP contribution in [0.15, 0.2) is 82.6 Å². The molecule has 32 heavy (non-hydrogen) atoms. The number of carboxylic acid groups (broad SMARTS) is 1. The molecular formula is C23H21N2O5S2-. The van der Waals surface area contributed by atoms with E-state index in [9.17, 15) is 23.1 Å². The summed E-state index contributed by atoms with van der Waals surface area (Å²) in [6.45, 7) is 1.32. The molecule has 3 rings (SSSR count). The van der Waals surface area contributed by atoms with Crippen molar-refractivity contribution < 1.29 is 23.1 Å². The van der Waals surface area contributed by atoms with E-state index in [1.54, 1.807) is 42.5 Å². The van der Waals surface area contributed by atoms with Crippen molar-refractivity contribution >= 4 is 45.0 Å². The molecule has 0 aromatic heterocycles. The molecule has 0 fully saturated rings. The van der Waals surface area contributed by atoms with Crippen LogP contribution in [-0.2, 0) is 14.8 Å². The molecule has 0 aliphatic rings. The smallest absolute Gasteiger partial charge is 0.264 e. The van der Waals surface area contributed by atoms with Gasteiger partial charge in [0.15, 0.2) is 0 Å². The van der Waals surface area contributed by atoms with E-state index in [-0.39, 0.29) is 16.1 Å². The normalized spacial score (nSPS) is 11.1. The Kier molecular flexibility index (Phi) is 7.22. The summed E-state index contributed by atoms with van der Waals surface area (Å²) in [4.78, 5) is 25.0. The summed E-state index contributed by atoms with van der Waals surface area (Å²) in [5.41, 5.74) is 1.08. The molecule has 166 valence electrons. The number of sulfonamides is 1. The molecule has 0 saturated carbocycles. The third-order valence-electron chi connectivity index (χ3n) is 4.68. The zero-order chi connectivity index (χ0) is 23.3. The van der Waals surface area contributed by atoms with Gasteiger partial charge in [-0.3, -0.25) is 9.10 Å². The molecule has 0 aliphatic heterocycles. The van der Waals surface area contributed by atoms with Crippen LogP contribution in [0.3, 0.4) is 0 Å². The van der Waals surface area contributed by atoms with Crippen LogP contribution in [0.1, 0.15) is 15.9 Å². The first-order chi connectivity index (χ1) is 15.2. The van der Waals surface area contributed by atoms with E-state index < -0.39 is 28.4 Å². The Morgan fingerprint density at radius 1 is 0.969 bits per heavy atom. The lowest BCUT2D eigenvalue weighted by Crippen LogP contribution is -2.38. The Bertz CT molecular complexity index is 1220. The van der Waals surface area contributed by atoms with Gasteiger partial charge in [-0.05, 0) is 55.6 Å². The number of carbonyl (C=O) groups excluding carboxylic acids is 2. The summed E-state index contributed by atoms with van der Waals surface area (Å²) >= 11 is 1.48. The topological polar surface area (TPSA) is 107 Å². The van der Waals surface area contributed by atoms with Crippen LogP contribution < -0.4 is 14.7 Å². The second-order valence-electron chi connectivity index (χ2n) is 6.90. The van der Waals surface area contributed by atoms with Gasteiger partial charge in [0.1, 0.15) is 6.54 Å². The van der Waals surface area contributed by atoms with E-state index in [2.05, 4.69) is 5.32 Å². The number of nitrogens with zero attached hydrogens (tertiary/aromatic N) is 1. The van der Waals surface area contributed by atoms with E-state index in [0.29, 0.717) is 5.69 Å². The molecule has 3 aromatic carbocycles. The molecular weight excluding hydrogens is 448 g/mol. The Labute approximate surface area is 191 Å². The summed E-state index contributed by atoms with van der Waals surface area (Å²) in [6.07, 6.45) is 1.89. The number of aryl methyl sites for hydroxylation is 1. The minimum atomic E-state index is -4.07. The fourth-order valence-electron chi connectivity index (χ4n) is 2.99. The summed E-state index contributed by atoms with van der Waals surface area (Å²) in [7, 11) is -4.07. The lowest BCUT2D eigenvalue weighted by molar-refractivity contribution is -0.254. The van der Waals surface area contributed by atoms with Crippen LogP contribution in [0, 0.1) is 6.92 Å². The maximum Gasteiger partial charge on any atom is 0.264 e. The number of anilines is 2. The van der Waals surface area contributed by atoms with Gasteiger partial charge in [0.05, 0.1) is 16.6 Å². The monoisotopic (exact) mass is 469 g/mol. The highest BCUT2D eigenvalue weighted by atomic mass is 32.2. The number of carbonyl (C=O) groups is 2. The fraction of sp³-hybridized carbons (Fsp3) is 0.130. The minimum Gasteiger partial charge on any atom is -0.545 e. The average Bonchev–Trinajstić information content (AvgIpc) is 2.78. The van der Waals surface area contributed by atoms with Gasteiger partial charge in [-0.15, -0.1) is 11.8 Å². The number of nitrogens with one attached hydrogen (secondary N) is 1. The molecule has 3 aromatic rings. The van der Waals surface area contributed by atoms with Gasteiger partial charge in [-0.1, -0.05) is 35.9 Å². The maximum absolute atomic E-state index is 13.4. The predicted octanol–water partition coefficient (Wildman–Crippen LogP) is 2.91. The Morgan fingerprint density at radius 3 is 2.19 bits per heavy atom. The third kappa shape index (κ3) is 5.30. The van der Waals surface area contributed by atoms with Crippen molar-refractivity contribution in [3.05, 3.63) is 83.9 Å². The first-order valence-corrected chi connectivity index (χ1v) is 12.2. The number of amides is 1. The second-order valence-corrected chi connectivity index (χ2v) is 9.65. The van der Waals surface area contributed by atoms with Crippen molar-refractivity contribution in [2.75, 3.05) is 22.4 Å². The van der Waals surface area contributed by atoms with E-state index >= 15 is 0 Å². The Hall–Kier alpha value is -3.30. The standard InChI is InChI=1S/C23H22N2O5S2/c1-16-7-9-17(10-8-16)25(32(29,30)19-13-11-18(31-2)12-14-19)15-22(26)24-21-6-4-3-5-20(21)23(27)28/h3-14H,15H2,1-2H3,(H,24,26)(H,27,28)/p-1. The molecule has 0 aliphatic carbocycles. The molecule has 0 radical (unpaired) electrons. The highest BCUT2D eigenvalue weighted by Crippen LogP contribution is 2.26. The SMILES string of the molecule is CSc1ccc(S(=O)(=O)N(CC(=O)Nc2ccccc2C(=O)[O-])c2ccc(C)cc2)cc1. The first kappa shape index (κ1) is 23.4. The molecule has 1 N–H and O–H groups in total. The van der Waals surface area contributed by atoms with Gasteiger partial charge in [-0.2, -0.15) is 0 Å². The molecule has 7 nitrogen and oxygen atoms in total. The molecule has 0 heterocycles. The third-order valence-corrected chi connectivity index (χ3v) is 7.21. The summed E-state index contributed by atoms with van der Waals surface area (Å²) in [5.74, 6) is -2.14. The molecule has 0 bridgehead atoms. The maximum atomic E-state index is 13.4. The zero-order valence-electron chi connectivity index (χ0n) is 17.4. The fourth-order valence-corrected chi connectivity index (χ4v) is 4.82. The van der Waals surface area contributed by atoms with E-state index in [0.717, 1.165) is 14.8 Å². The van der Waals surface area contributed by atoms with E-state index in [1.807, 2.05) is 13.2 Å². The minimum absolute atomic E-state index is 0.0306. The van der Waals surface area contributed by atoms with E-state index in [1.165, 1.54) is 42.1 Å². The molecule has 1 amide bonds. The van der Waals surface area contributed by atoms with Crippen LogP contribution >= 0.6 is 11.8 Å². The molecule has 0 saturated heterocycles. The van der Waals surface area contributed by atoms with Gasteiger partial charge >= 0.3 is 0 Å². The van der Waals surface area contributed by atoms with Crippen LogP contribution in [0.25, 0.3) is 0 Å². The average molecular weight is 470 g/mol. The van der Waals surface area contributed by atoms with Crippen LogP contribution in [-0.4, -0.2) is 33.1 Å². The molecule has 0 unspecified atom stereocenters. The number of benzene rings is 3. The number of hydrogen-bond donors (Lipinski definition) is 1. The number of para-hydroxylation sites is 1. The van der Waals surface area contributed by atoms with Crippen molar-refractivity contribution in [3.8, 4) is 0 Å². The number of hydrogen-bond acceptors (Lipinski definition) is 6. The van der Waals surface area contributed by atoms with Crippen molar-refractivity contribution in [1.29, 1.82) is 0 Å². The Morgan fingerprint density at radius 2 is 1.59 bits per heavy atom. The van der Waals surface area contributed by atoms with Crippen LogP contribution in [0.4, 0.5) is 11.4 Å². The molecule has 0 spiro atoms. The number of rotatable bonds is 8. The Balaban J connectivity index is 1.95. The molecule has 9 heteroatoms. The highest BCUT2D eigenvalue weighted by Gasteiger charge is 2.27. The van der Waals surface area contributed by atoms with Crippen molar-refractivity contribution in [2.45, 2.75) is 16.7 Å². The second kappa shape index (κ2) is 9.88. The van der Waals surface area contributed by atoms with Gasteiger partial charge < -0.3 is 15.2 Å². The first-order valence-electron chi connectivity index (χ1n) is 9.56. The summed E-state index contributed by atoms with van der Waals surface area (Å²) in [5, 5.41) is 13.8. The van der Waals surface area contributed by atoms with Crippen LogP contribution in [0.5, 0.6) is 0 Å². The van der Waals surface area contributed by atoms with Crippen molar-refractivity contribution in [3.63, 3.8) is 0 Å². The lowest BCUT2D eigenvalue weighted by Gasteiger charge is -2.24. The van der Waals surface area contributed by atoms with Crippen molar-refractivity contribution in [1.82, 2.24) is 0 Å². The molecule has 0 atom stereocenters. The van der Waals surface area contributed by atoms with Crippen molar-refractivity contribution in [2.24, 2.45) is 0 Å². The largest absolute Gasteiger partial charge is 0.545 e. The number of carboxylic acids is 1. The summed E-state index contributed by atoms with van der Waals surface area (Å²) < 4.78 is 27.8. The lowest BCUT2D eigenvalue weighted by atomic mass is 10.2. The predicted molar refractivity (Wildman–Crippen MR) is 123 cm³/mol. The number of aromatic carboxylic acids is 1. The van der Waals surface area contributed by atoms with Crippen LogP contribution in [0.2, 0.25) is 0 Å². The highest BCUT2D eigenvalue weighted by molar-refractivity contribution is 7.98. The van der Waals surface area contributed by atoms with Gasteiger partial charge in [0.25, 0.3) is 10.0 Å². The quantitative estimate of drug-likeness (QED) is 0.509. The van der Waals surface area contributed by atoms with E-state index in [4.69, 9.17) is 0 Å². The van der Waals surface area contributed by atoms with Gasteiger partial charge in [0.2, 0.25) is 5.91 Å². The zero-order valence-corrected chi connectivity index (χ0v) is 19.1. The summed E-state index contributed by atoms with van der Waals surface area (Å²) in [6, 6.07) is 18.9. The van der Waals surface area contributed by atoms with Gasteiger partial charge in [0, 0.05) is 16.1 Å². The number of thioether (sulfide) groups is 1.